The number of hydrogen-bond donors (Lipinski definition) is 0. The fourth-order valence-corrected chi connectivity index (χ4v) is 2.37. The molecule has 0 aliphatic rings. The monoisotopic (exact) mass is 372 g/mol. The van der Waals surface area contributed by atoms with E-state index in [9.17, 15) is 9.59 Å². The number of unbranched alkanes of at least 4 members (excludes halogenated alkanes) is 9. The van der Waals surface area contributed by atoms with Crippen molar-refractivity contribution in [3.8, 4) is 0 Å². The highest BCUT2D eigenvalue weighted by molar-refractivity contribution is 5.73. The Morgan fingerprint density at radius 1 is 0.692 bits per heavy atom. The molecular weight excluding hydrogens is 332 g/mol. The van der Waals surface area contributed by atoms with E-state index in [1.807, 2.05) is 20.8 Å². The lowest BCUT2D eigenvalue weighted by Gasteiger charge is -2.17. The second-order valence-electron chi connectivity index (χ2n) is 8.12. The van der Waals surface area contributed by atoms with Gasteiger partial charge in [0, 0.05) is 0 Å². The molecule has 0 amide bonds. The van der Waals surface area contributed by atoms with E-state index in [1.165, 1.54) is 51.4 Å². The van der Waals surface area contributed by atoms with E-state index in [-0.39, 0.29) is 18.6 Å². The third kappa shape index (κ3) is 19.2. The van der Waals surface area contributed by atoms with Crippen LogP contribution in [0.3, 0.4) is 0 Å². The molecule has 0 aromatic carbocycles. The lowest BCUT2D eigenvalue weighted by molar-refractivity contribution is -0.157. The van der Waals surface area contributed by atoms with Gasteiger partial charge in [-0.1, -0.05) is 85.5 Å². The van der Waals surface area contributed by atoms with Crippen LogP contribution < -0.4 is 0 Å². The van der Waals surface area contributed by atoms with E-state index in [4.69, 9.17) is 14.2 Å². The Labute approximate surface area is 160 Å². The number of rotatable bonds is 16. The molecule has 0 N–H and O–H groups in total. The minimum absolute atomic E-state index is 0.0797. The van der Waals surface area contributed by atoms with Gasteiger partial charge in [-0.05, 0) is 11.8 Å². The largest absolute Gasteiger partial charge is 0.464 e. The number of hydrogen-bond acceptors (Lipinski definition) is 5. The van der Waals surface area contributed by atoms with Crippen molar-refractivity contribution in [2.24, 2.45) is 5.41 Å². The van der Waals surface area contributed by atoms with Gasteiger partial charge < -0.3 is 14.2 Å². The van der Waals surface area contributed by atoms with Crippen LogP contribution in [-0.2, 0) is 23.8 Å². The summed E-state index contributed by atoms with van der Waals surface area (Å²) in [6.45, 7) is 8.50. The average molecular weight is 373 g/mol. The maximum absolute atomic E-state index is 11.5. The molecular formula is C21H40O5. The van der Waals surface area contributed by atoms with Crippen LogP contribution in [0.2, 0.25) is 0 Å². The van der Waals surface area contributed by atoms with Crippen molar-refractivity contribution < 1.29 is 23.8 Å². The van der Waals surface area contributed by atoms with Crippen molar-refractivity contribution in [3.05, 3.63) is 0 Å². The first-order valence-electron chi connectivity index (χ1n) is 10.2. The van der Waals surface area contributed by atoms with Crippen LogP contribution >= 0.6 is 0 Å². The number of ether oxygens (including phenoxy) is 3. The molecule has 0 fully saturated rings. The minimum Gasteiger partial charge on any atom is -0.464 e. The topological polar surface area (TPSA) is 61.8 Å². The molecule has 154 valence electrons. The maximum atomic E-state index is 11.5. The zero-order valence-corrected chi connectivity index (χ0v) is 17.4. The van der Waals surface area contributed by atoms with Crippen LogP contribution in [0.15, 0.2) is 0 Å². The summed E-state index contributed by atoms with van der Waals surface area (Å²) in [5.74, 6) is -0.882. The second-order valence-corrected chi connectivity index (χ2v) is 8.12. The highest BCUT2D eigenvalue weighted by Gasteiger charge is 2.14. The van der Waals surface area contributed by atoms with Crippen molar-refractivity contribution in [2.75, 3.05) is 26.4 Å². The molecule has 0 aromatic heterocycles. The molecule has 0 saturated heterocycles. The zero-order valence-electron chi connectivity index (χ0n) is 17.4. The van der Waals surface area contributed by atoms with E-state index in [0.717, 1.165) is 12.8 Å². The Kier molecular flexibility index (Phi) is 15.4. The molecule has 0 heterocycles. The van der Waals surface area contributed by atoms with Crippen LogP contribution in [0.4, 0.5) is 0 Å². The van der Waals surface area contributed by atoms with Gasteiger partial charge >= 0.3 is 11.9 Å². The summed E-state index contributed by atoms with van der Waals surface area (Å²) in [6.07, 6.45) is 12.4. The summed E-state index contributed by atoms with van der Waals surface area (Å²) in [6, 6.07) is 0. The first-order valence-corrected chi connectivity index (χ1v) is 10.2. The third-order valence-electron chi connectivity index (χ3n) is 3.87. The standard InChI is InChI=1S/C21H40O5/c1-5-6-7-8-9-10-11-12-13-14-15-25-19(22)16-24-17-20(23)26-18-21(2,3)4/h5-18H2,1-4H3. The molecule has 5 nitrogen and oxygen atoms in total. The van der Waals surface area contributed by atoms with Gasteiger partial charge in [0.25, 0.3) is 0 Å². The molecule has 5 heteroatoms. The molecule has 0 aliphatic carbocycles. The number of carbonyl (C=O) groups excluding carboxylic acids is 2. The SMILES string of the molecule is CCCCCCCCCCCCOC(=O)COCC(=O)OCC(C)(C)C. The second kappa shape index (κ2) is 16.1. The Balaban J connectivity index is 3.35. The fourth-order valence-electron chi connectivity index (χ4n) is 2.37. The van der Waals surface area contributed by atoms with Gasteiger partial charge in [0.15, 0.2) is 0 Å². The molecule has 0 unspecified atom stereocenters. The molecule has 0 spiro atoms. The molecule has 0 aromatic rings. The molecule has 26 heavy (non-hydrogen) atoms. The van der Waals surface area contributed by atoms with Crippen molar-refractivity contribution in [2.45, 2.75) is 91.9 Å². The first-order chi connectivity index (χ1) is 12.3. The van der Waals surface area contributed by atoms with Gasteiger partial charge in [0.2, 0.25) is 0 Å². The highest BCUT2D eigenvalue weighted by atomic mass is 16.6. The predicted molar refractivity (Wildman–Crippen MR) is 104 cm³/mol. The van der Waals surface area contributed by atoms with E-state index < -0.39 is 11.9 Å². The van der Waals surface area contributed by atoms with Crippen LogP contribution in [0.1, 0.15) is 91.9 Å². The van der Waals surface area contributed by atoms with Gasteiger partial charge in [0.05, 0.1) is 13.2 Å². The quantitative estimate of drug-likeness (QED) is 0.280. The smallest absolute Gasteiger partial charge is 0.332 e. The first kappa shape index (κ1) is 24.9. The predicted octanol–water partition coefficient (Wildman–Crippen LogP) is 5.06. The lowest BCUT2D eigenvalue weighted by Crippen LogP contribution is -2.23. The molecule has 0 rings (SSSR count). The zero-order chi connectivity index (χ0) is 19.7. The lowest BCUT2D eigenvalue weighted by atomic mass is 9.99. The molecule has 0 radical (unpaired) electrons. The van der Waals surface area contributed by atoms with Crippen LogP contribution in [-0.4, -0.2) is 38.4 Å². The molecule has 0 bridgehead atoms. The molecule has 0 atom stereocenters. The number of esters is 2. The van der Waals surface area contributed by atoms with Crippen LogP contribution in [0, 0.1) is 5.41 Å². The summed E-state index contributed by atoms with van der Waals surface area (Å²) in [5.41, 5.74) is -0.0797. The highest BCUT2D eigenvalue weighted by Crippen LogP contribution is 2.13. The third-order valence-corrected chi connectivity index (χ3v) is 3.87. The van der Waals surface area contributed by atoms with Gasteiger partial charge in [-0.2, -0.15) is 0 Å². The van der Waals surface area contributed by atoms with Crippen molar-refractivity contribution in [1.82, 2.24) is 0 Å². The Hall–Kier alpha value is -1.10. The summed E-state index contributed by atoms with van der Waals surface area (Å²) >= 11 is 0. The average Bonchev–Trinajstić information content (AvgIpc) is 2.57. The summed E-state index contributed by atoms with van der Waals surface area (Å²) < 4.78 is 15.2. The van der Waals surface area contributed by atoms with Crippen molar-refractivity contribution in [1.29, 1.82) is 0 Å². The Bertz CT molecular complexity index is 360. The Morgan fingerprint density at radius 2 is 1.15 bits per heavy atom. The fraction of sp³-hybridized carbons (Fsp3) is 0.905. The maximum Gasteiger partial charge on any atom is 0.332 e. The van der Waals surface area contributed by atoms with E-state index >= 15 is 0 Å². The summed E-state index contributed by atoms with van der Waals surface area (Å²) in [4.78, 5) is 22.9. The van der Waals surface area contributed by atoms with Gasteiger partial charge in [-0.3, -0.25) is 0 Å². The summed E-state index contributed by atoms with van der Waals surface area (Å²) in [7, 11) is 0. The number of carbonyl (C=O) groups is 2. The van der Waals surface area contributed by atoms with Crippen LogP contribution in [0.5, 0.6) is 0 Å². The van der Waals surface area contributed by atoms with Crippen molar-refractivity contribution >= 4 is 11.9 Å². The van der Waals surface area contributed by atoms with Gasteiger partial charge in [-0.15, -0.1) is 0 Å². The van der Waals surface area contributed by atoms with Gasteiger partial charge in [0.1, 0.15) is 13.2 Å². The molecule has 0 aliphatic heterocycles. The summed E-state index contributed by atoms with van der Waals surface area (Å²) in [5, 5.41) is 0. The van der Waals surface area contributed by atoms with Crippen molar-refractivity contribution in [3.63, 3.8) is 0 Å². The van der Waals surface area contributed by atoms with Gasteiger partial charge in [-0.25, -0.2) is 9.59 Å². The normalized spacial score (nSPS) is 11.4. The minimum atomic E-state index is -0.456. The Morgan fingerprint density at radius 3 is 1.65 bits per heavy atom. The van der Waals surface area contributed by atoms with Crippen LogP contribution in [0.25, 0.3) is 0 Å². The van der Waals surface area contributed by atoms with E-state index in [2.05, 4.69) is 6.92 Å². The van der Waals surface area contributed by atoms with E-state index in [0.29, 0.717) is 13.2 Å². The molecule has 0 saturated carbocycles. The van der Waals surface area contributed by atoms with E-state index in [1.54, 1.807) is 0 Å².